The molecule has 1 atom stereocenters. The molecule has 0 aliphatic carbocycles. The van der Waals surface area contributed by atoms with E-state index in [1.807, 2.05) is 0 Å². The third-order valence-corrected chi connectivity index (χ3v) is 4.27. The van der Waals surface area contributed by atoms with E-state index < -0.39 is 11.9 Å². The van der Waals surface area contributed by atoms with E-state index in [1.165, 1.54) is 0 Å². The molecule has 0 aromatic carbocycles. The number of ether oxygens (including phenoxy) is 1. The van der Waals surface area contributed by atoms with E-state index in [9.17, 15) is 14.7 Å². The number of aliphatic carboxylic acids is 1. The molecule has 1 saturated heterocycles. The number of likely N-dealkylation sites (tertiary alicyclic amines) is 1. The summed E-state index contributed by atoms with van der Waals surface area (Å²) in [6.07, 6.45) is 3.07. The lowest BCUT2D eigenvalue weighted by atomic mass is 9.98. The predicted molar refractivity (Wildman–Crippen MR) is 82.7 cm³/mol. The molecule has 1 fully saturated rings. The van der Waals surface area contributed by atoms with Gasteiger partial charge in [-0.15, -0.1) is 0 Å². The Bertz CT molecular complexity index is 768. The van der Waals surface area contributed by atoms with Crippen molar-refractivity contribution >= 4 is 17.5 Å². The zero-order valence-corrected chi connectivity index (χ0v) is 13.2. The molecule has 1 amide bonds. The number of carboxylic acids is 1. The number of fused-ring (bicyclic) bond motifs is 1. The van der Waals surface area contributed by atoms with Crippen LogP contribution < -0.4 is 4.74 Å². The van der Waals surface area contributed by atoms with Crippen molar-refractivity contribution in [1.29, 1.82) is 0 Å². The summed E-state index contributed by atoms with van der Waals surface area (Å²) in [5.41, 5.74) is 1.66. The molecule has 0 bridgehead atoms. The first-order valence-corrected chi connectivity index (χ1v) is 7.56. The minimum atomic E-state index is -0.848. The van der Waals surface area contributed by atoms with Crippen molar-refractivity contribution in [2.24, 2.45) is 5.92 Å². The molecule has 7 heteroatoms. The van der Waals surface area contributed by atoms with E-state index in [1.54, 1.807) is 41.7 Å². The molecular formula is C16H19N3O4. The fraction of sp³-hybridized carbons (Fsp3) is 0.438. The molecule has 1 aliphatic rings. The van der Waals surface area contributed by atoms with Crippen molar-refractivity contribution in [3.63, 3.8) is 0 Å². The number of carboxylic acid groups (broad SMARTS) is 1. The third kappa shape index (κ3) is 2.62. The Balaban J connectivity index is 1.98. The molecule has 1 unspecified atom stereocenters. The van der Waals surface area contributed by atoms with Crippen LogP contribution in [0.4, 0.5) is 0 Å². The summed E-state index contributed by atoms with van der Waals surface area (Å²) < 4.78 is 6.99. The molecule has 7 nitrogen and oxygen atoms in total. The second-order valence-electron chi connectivity index (χ2n) is 5.74. The summed E-state index contributed by atoms with van der Waals surface area (Å²) in [6.45, 7) is 2.59. The molecule has 23 heavy (non-hydrogen) atoms. The highest BCUT2D eigenvalue weighted by Gasteiger charge is 2.31. The number of imidazole rings is 1. The number of pyridine rings is 1. The van der Waals surface area contributed by atoms with Crippen LogP contribution in [0.2, 0.25) is 0 Å². The van der Waals surface area contributed by atoms with Gasteiger partial charge in [0.05, 0.1) is 18.7 Å². The van der Waals surface area contributed by atoms with Gasteiger partial charge in [-0.2, -0.15) is 0 Å². The molecule has 0 radical (unpaired) electrons. The van der Waals surface area contributed by atoms with Crippen LogP contribution in [0.3, 0.4) is 0 Å². The Labute approximate surface area is 133 Å². The maximum atomic E-state index is 12.9. The van der Waals surface area contributed by atoms with E-state index in [0.717, 1.165) is 0 Å². The summed E-state index contributed by atoms with van der Waals surface area (Å²) in [4.78, 5) is 30.1. The Morgan fingerprint density at radius 1 is 1.43 bits per heavy atom. The fourth-order valence-electron chi connectivity index (χ4n) is 3.09. The monoisotopic (exact) mass is 317 g/mol. The van der Waals surface area contributed by atoms with Crippen LogP contribution in [0.25, 0.3) is 5.65 Å². The van der Waals surface area contributed by atoms with Gasteiger partial charge in [-0.1, -0.05) is 0 Å². The van der Waals surface area contributed by atoms with Gasteiger partial charge in [0.15, 0.2) is 11.4 Å². The lowest BCUT2D eigenvalue weighted by Crippen LogP contribution is -2.42. The third-order valence-electron chi connectivity index (χ3n) is 4.27. The molecule has 122 valence electrons. The Morgan fingerprint density at radius 3 is 2.91 bits per heavy atom. The van der Waals surface area contributed by atoms with Crippen LogP contribution in [0.15, 0.2) is 18.3 Å². The predicted octanol–water partition coefficient (Wildman–Crippen LogP) is 1.59. The van der Waals surface area contributed by atoms with Crippen molar-refractivity contribution in [2.45, 2.75) is 19.8 Å². The molecule has 0 saturated carbocycles. The smallest absolute Gasteiger partial charge is 0.308 e. The van der Waals surface area contributed by atoms with Crippen LogP contribution in [-0.4, -0.2) is 51.5 Å². The summed E-state index contributed by atoms with van der Waals surface area (Å²) in [5.74, 6) is -0.938. The van der Waals surface area contributed by atoms with Gasteiger partial charge in [-0.25, -0.2) is 4.98 Å². The highest BCUT2D eigenvalue weighted by molar-refractivity contribution is 5.95. The van der Waals surface area contributed by atoms with Crippen LogP contribution in [0, 0.1) is 12.8 Å². The van der Waals surface area contributed by atoms with Crippen molar-refractivity contribution in [1.82, 2.24) is 14.3 Å². The molecule has 2 aromatic heterocycles. The van der Waals surface area contributed by atoms with Gasteiger partial charge < -0.3 is 14.7 Å². The average Bonchev–Trinajstić information content (AvgIpc) is 2.90. The van der Waals surface area contributed by atoms with E-state index in [2.05, 4.69) is 4.98 Å². The minimum Gasteiger partial charge on any atom is -0.493 e. The van der Waals surface area contributed by atoms with Crippen molar-refractivity contribution in [2.75, 3.05) is 20.2 Å². The summed E-state index contributed by atoms with van der Waals surface area (Å²) in [7, 11) is 1.56. The van der Waals surface area contributed by atoms with Gasteiger partial charge in [0, 0.05) is 19.3 Å². The molecule has 1 N–H and O–H groups in total. The summed E-state index contributed by atoms with van der Waals surface area (Å²) in [6, 6.07) is 3.58. The quantitative estimate of drug-likeness (QED) is 0.929. The number of carbonyl (C=O) groups excluding carboxylic acids is 1. The van der Waals surface area contributed by atoms with Crippen LogP contribution in [0.1, 0.15) is 29.0 Å². The Hall–Kier alpha value is -2.57. The van der Waals surface area contributed by atoms with Crippen molar-refractivity contribution in [3.8, 4) is 5.75 Å². The van der Waals surface area contributed by atoms with Gasteiger partial charge >= 0.3 is 5.97 Å². The van der Waals surface area contributed by atoms with Crippen molar-refractivity contribution < 1.29 is 19.4 Å². The maximum absolute atomic E-state index is 12.9. The molecule has 0 spiro atoms. The summed E-state index contributed by atoms with van der Waals surface area (Å²) >= 11 is 0. The number of carbonyl (C=O) groups is 2. The van der Waals surface area contributed by atoms with Gasteiger partial charge in [0.25, 0.3) is 5.91 Å². The van der Waals surface area contributed by atoms with Crippen LogP contribution in [0.5, 0.6) is 5.75 Å². The summed E-state index contributed by atoms with van der Waals surface area (Å²) in [5, 5.41) is 9.19. The first-order chi connectivity index (χ1) is 11.0. The van der Waals surface area contributed by atoms with E-state index >= 15 is 0 Å². The van der Waals surface area contributed by atoms with Gasteiger partial charge in [0.1, 0.15) is 5.69 Å². The SMILES string of the molecule is COc1cccn2c(C(=O)N3CCCC(C(=O)O)C3)c(C)nc12. The van der Waals surface area contributed by atoms with Crippen molar-refractivity contribution in [3.05, 3.63) is 29.7 Å². The first-order valence-electron chi connectivity index (χ1n) is 7.56. The number of piperidine rings is 1. The number of hydrogen-bond donors (Lipinski definition) is 1. The molecule has 1 aliphatic heterocycles. The van der Waals surface area contributed by atoms with E-state index in [4.69, 9.17) is 4.74 Å². The molecule has 3 heterocycles. The van der Waals surface area contributed by atoms with E-state index in [0.29, 0.717) is 42.2 Å². The normalized spacial score (nSPS) is 18.2. The number of hydrogen-bond acceptors (Lipinski definition) is 4. The van der Waals surface area contributed by atoms with Gasteiger partial charge in [0.2, 0.25) is 0 Å². The lowest BCUT2D eigenvalue weighted by Gasteiger charge is -2.30. The number of rotatable bonds is 3. The minimum absolute atomic E-state index is 0.186. The van der Waals surface area contributed by atoms with Crippen LogP contribution >= 0.6 is 0 Å². The lowest BCUT2D eigenvalue weighted by molar-refractivity contribution is -0.143. The standard InChI is InChI=1S/C16H19N3O4/c1-10-13(19-8-4-6-12(23-2)14(19)17-10)15(20)18-7-3-5-11(9-18)16(21)22/h4,6,8,11H,3,5,7,9H2,1-2H3,(H,21,22). The molecule has 3 rings (SSSR count). The fourth-order valence-corrected chi connectivity index (χ4v) is 3.09. The average molecular weight is 317 g/mol. The molecular weight excluding hydrogens is 298 g/mol. The second kappa shape index (κ2) is 5.91. The zero-order chi connectivity index (χ0) is 16.6. The Morgan fingerprint density at radius 2 is 2.22 bits per heavy atom. The molecule has 2 aromatic rings. The maximum Gasteiger partial charge on any atom is 0.308 e. The highest BCUT2D eigenvalue weighted by Crippen LogP contribution is 2.24. The number of amides is 1. The number of aromatic nitrogens is 2. The highest BCUT2D eigenvalue weighted by atomic mass is 16.5. The Kier molecular flexibility index (Phi) is 3.94. The number of aryl methyl sites for hydroxylation is 1. The largest absolute Gasteiger partial charge is 0.493 e. The van der Waals surface area contributed by atoms with Crippen LogP contribution in [-0.2, 0) is 4.79 Å². The first kappa shape index (κ1) is 15.3. The topological polar surface area (TPSA) is 84.1 Å². The van der Waals surface area contributed by atoms with Gasteiger partial charge in [-0.3, -0.25) is 14.0 Å². The zero-order valence-electron chi connectivity index (χ0n) is 13.2. The number of nitrogens with zero attached hydrogens (tertiary/aromatic N) is 3. The number of methoxy groups -OCH3 is 1. The van der Waals surface area contributed by atoms with Gasteiger partial charge in [-0.05, 0) is 31.9 Å². The van der Waals surface area contributed by atoms with E-state index in [-0.39, 0.29) is 12.5 Å². The second-order valence-corrected chi connectivity index (χ2v) is 5.74.